The first-order chi connectivity index (χ1) is 31.0. The van der Waals surface area contributed by atoms with E-state index in [9.17, 15) is 9.59 Å². The number of esters is 2. The second kappa shape index (κ2) is 25.2. The minimum atomic E-state index is -0.218. The molecular formula is C52H69IN2O9. The van der Waals surface area contributed by atoms with Crippen molar-refractivity contribution in [2.75, 3.05) is 79.9 Å². The highest BCUT2D eigenvalue weighted by molar-refractivity contribution is 14.1. The standard InChI is InChI=1S/C51H66N2O9.CH3I/c1-34-12-13-37(30-46(34)57-5)28-43-41-27-36(3)35(2)26-39(41)16-20-52(43)22-18-50(54)61-24-10-9-11-25-62-51(55)19-23-53-21-17-40-32-48(59-7)49(60-8)33-42(40)44(53)29-38-14-15-45(56-4)47(31-38)58-6;1-2/h12-15,26-27,30-33,43-44H,9-11,16-25,28-29H2,1-8H3;1H3. The number of carbonyl (C=O) groups is 2. The van der Waals surface area contributed by atoms with Gasteiger partial charge in [0.2, 0.25) is 0 Å². The van der Waals surface area contributed by atoms with Gasteiger partial charge >= 0.3 is 11.9 Å². The van der Waals surface area contributed by atoms with Crippen LogP contribution in [0.4, 0.5) is 0 Å². The first kappa shape index (κ1) is 50.5. The van der Waals surface area contributed by atoms with Crippen molar-refractivity contribution in [2.24, 2.45) is 0 Å². The Labute approximate surface area is 395 Å². The van der Waals surface area contributed by atoms with Crippen LogP contribution in [-0.4, -0.2) is 102 Å². The Kier molecular flexibility index (Phi) is 19.9. The highest BCUT2D eigenvalue weighted by atomic mass is 127. The summed E-state index contributed by atoms with van der Waals surface area (Å²) in [4.78, 5) is 32.7. The van der Waals surface area contributed by atoms with Crippen LogP contribution in [0.15, 0.2) is 60.7 Å². The molecule has 0 saturated carbocycles. The number of halogens is 1. The minimum absolute atomic E-state index is 0.00190. The van der Waals surface area contributed by atoms with Crippen LogP contribution in [0.25, 0.3) is 0 Å². The fourth-order valence-corrected chi connectivity index (χ4v) is 8.95. The number of alkyl halides is 1. The lowest BCUT2D eigenvalue weighted by Crippen LogP contribution is -2.38. The Morgan fingerprint density at radius 1 is 0.531 bits per heavy atom. The summed E-state index contributed by atoms with van der Waals surface area (Å²) in [5.74, 6) is 3.24. The third-order valence-electron chi connectivity index (χ3n) is 12.6. The van der Waals surface area contributed by atoms with Gasteiger partial charge in [0.05, 0.1) is 61.6 Å². The third kappa shape index (κ3) is 13.3. The number of hydrogen-bond donors (Lipinski definition) is 0. The molecule has 2 unspecified atom stereocenters. The lowest BCUT2D eigenvalue weighted by molar-refractivity contribution is -0.144. The predicted molar refractivity (Wildman–Crippen MR) is 261 cm³/mol. The summed E-state index contributed by atoms with van der Waals surface area (Å²) in [5.41, 5.74) is 11.1. The smallest absolute Gasteiger partial charge is 0.307 e. The molecule has 2 atom stereocenters. The van der Waals surface area contributed by atoms with Gasteiger partial charge in [0.25, 0.3) is 0 Å². The van der Waals surface area contributed by atoms with Crippen molar-refractivity contribution in [2.45, 2.75) is 90.6 Å². The lowest BCUT2D eigenvalue weighted by Gasteiger charge is -2.38. The number of carbonyl (C=O) groups excluding carboxylic acids is 2. The summed E-state index contributed by atoms with van der Waals surface area (Å²) in [5, 5.41) is 0. The van der Waals surface area contributed by atoms with Gasteiger partial charge in [0, 0.05) is 38.3 Å². The van der Waals surface area contributed by atoms with E-state index >= 15 is 0 Å². The molecule has 2 aliphatic rings. The first-order valence-electron chi connectivity index (χ1n) is 22.4. The van der Waals surface area contributed by atoms with Gasteiger partial charge in [-0.1, -0.05) is 52.9 Å². The van der Waals surface area contributed by atoms with Gasteiger partial charge in [-0.15, -0.1) is 0 Å². The Balaban J connectivity index is 0.00000380. The lowest BCUT2D eigenvalue weighted by atomic mass is 9.86. The second-order valence-corrected chi connectivity index (χ2v) is 16.5. The van der Waals surface area contributed by atoms with E-state index < -0.39 is 0 Å². The summed E-state index contributed by atoms with van der Waals surface area (Å²) < 4.78 is 39.3. The molecule has 64 heavy (non-hydrogen) atoms. The molecule has 0 saturated heterocycles. The van der Waals surface area contributed by atoms with Crippen molar-refractivity contribution in [3.63, 3.8) is 0 Å². The fourth-order valence-electron chi connectivity index (χ4n) is 8.95. The average Bonchev–Trinajstić information content (AvgIpc) is 3.31. The van der Waals surface area contributed by atoms with Gasteiger partial charge in [-0.05, 0) is 151 Å². The predicted octanol–water partition coefficient (Wildman–Crippen LogP) is 9.73. The monoisotopic (exact) mass is 992 g/mol. The van der Waals surface area contributed by atoms with Gasteiger partial charge in [0.1, 0.15) is 5.75 Å². The van der Waals surface area contributed by atoms with Crippen LogP contribution in [0, 0.1) is 20.8 Å². The van der Waals surface area contributed by atoms with Crippen LogP contribution in [0.2, 0.25) is 0 Å². The summed E-state index contributed by atoms with van der Waals surface area (Å²) in [6.45, 7) is 9.99. The Morgan fingerprint density at radius 2 is 0.984 bits per heavy atom. The van der Waals surface area contributed by atoms with Crippen LogP contribution >= 0.6 is 22.6 Å². The number of benzene rings is 4. The van der Waals surface area contributed by atoms with E-state index in [0.29, 0.717) is 68.6 Å². The quantitative estimate of drug-likeness (QED) is 0.0345. The number of aryl methyl sites for hydroxylation is 3. The molecule has 0 radical (unpaired) electrons. The van der Waals surface area contributed by atoms with Crippen molar-refractivity contribution < 1.29 is 42.7 Å². The molecule has 0 amide bonds. The largest absolute Gasteiger partial charge is 0.496 e. The number of unbranched alkanes of at least 4 members (excludes halogenated alkanes) is 2. The summed E-state index contributed by atoms with van der Waals surface area (Å²) in [6, 6.07) is 21.4. The molecule has 0 aliphatic carbocycles. The van der Waals surface area contributed by atoms with Crippen molar-refractivity contribution in [1.29, 1.82) is 0 Å². The maximum absolute atomic E-state index is 13.0. The van der Waals surface area contributed by atoms with Crippen LogP contribution in [0.5, 0.6) is 28.7 Å². The highest BCUT2D eigenvalue weighted by Crippen LogP contribution is 2.41. The maximum Gasteiger partial charge on any atom is 0.307 e. The SMILES string of the molecule is CI.COc1cc(CC2c3cc(C)c(C)cc3CCN2CCC(=O)OCCCCCOC(=O)CCN2CCc3cc(OC)c(OC)cc3C2Cc2ccc(OC)c(OC)c2)ccc1C. The zero-order valence-corrected chi connectivity index (χ0v) is 41.6. The topological polar surface area (TPSA) is 105 Å². The van der Waals surface area contributed by atoms with Crippen molar-refractivity contribution in [3.8, 4) is 28.7 Å². The summed E-state index contributed by atoms with van der Waals surface area (Å²) >= 11 is 2.15. The minimum Gasteiger partial charge on any atom is -0.496 e. The van der Waals surface area contributed by atoms with Crippen molar-refractivity contribution in [1.82, 2.24) is 9.80 Å². The Bertz CT molecular complexity index is 2160. The van der Waals surface area contributed by atoms with Gasteiger partial charge in [-0.25, -0.2) is 0 Å². The van der Waals surface area contributed by atoms with Crippen LogP contribution < -0.4 is 23.7 Å². The van der Waals surface area contributed by atoms with E-state index in [1.165, 1.54) is 33.4 Å². The van der Waals surface area contributed by atoms with Gasteiger partial charge in [0.15, 0.2) is 23.0 Å². The van der Waals surface area contributed by atoms with Crippen LogP contribution in [-0.2, 0) is 44.7 Å². The molecule has 11 nitrogen and oxygen atoms in total. The maximum atomic E-state index is 13.0. The number of fused-ring (bicyclic) bond motifs is 2. The van der Waals surface area contributed by atoms with Crippen molar-refractivity contribution in [3.05, 3.63) is 111 Å². The number of hydrogen-bond acceptors (Lipinski definition) is 11. The molecule has 4 aromatic rings. The van der Waals surface area contributed by atoms with Gasteiger partial charge < -0.3 is 33.2 Å². The van der Waals surface area contributed by atoms with E-state index in [-0.39, 0.29) is 30.4 Å². The molecule has 12 heteroatoms. The normalized spacial score (nSPS) is 15.8. The highest BCUT2D eigenvalue weighted by Gasteiger charge is 2.31. The Morgan fingerprint density at radius 3 is 1.53 bits per heavy atom. The van der Waals surface area contributed by atoms with Crippen LogP contribution in [0.3, 0.4) is 0 Å². The molecule has 6 rings (SSSR count). The van der Waals surface area contributed by atoms with Gasteiger partial charge in [-0.2, -0.15) is 0 Å². The van der Waals surface area contributed by atoms with E-state index in [4.69, 9.17) is 33.2 Å². The molecule has 0 fully saturated rings. The van der Waals surface area contributed by atoms with E-state index in [1.807, 2.05) is 17.1 Å². The van der Waals surface area contributed by atoms with Crippen LogP contribution in [0.1, 0.15) is 94.3 Å². The molecular weight excluding hydrogens is 923 g/mol. The molecule has 0 bridgehead atoms. The molecule has 4 aromatic carbocycles. The first-order valence-corrected chi connectivity index (χ1v) is 24.6. The van der Waals surface area contributed by atoms with E-state index in [1.54, 1.807) is 35.5 Å². The summed E-state index contributed by atoms with van der Waals surface area (Å²) in [7, 11) is 8.29. The second-order valence-electron chi connectivity index (χ2n) is 16.5. The number of rotatable bonds is 21. The number of methoxy groups -OCH3 is 5. The van der Waals surface area contributed by atoms with E-state index in [2.05, 4.69) is 102 Å². The fraction of sp³-hybridized carbons (Fsp3) is 0.500. The number of ether oxygens (including phenoxy) is 7. The molecule has 0 spiro atoms. The van der Waals surface area contributed by atoms with Crippen molar-refractivity contribution >= 4 is 34.5 Å². The third-order valence-corrected chi connectivity index (χ3v) is 12.6. The zero-order valence-electron chi connectivity index (χ0n) is 39.5. The van der Waals surface area contributed by atoms with E-state index in [0.717, 1.165) is 67.6 Å². The molecule has 2 heterocycles. The molecule has 348 valence electrons. The number of nitrogens with zero attached hydrogens (tertiary/aromatic N) is 2. The van der Waals surface area contributed by atoms with Gasteiger partial charge in [-0.3, -0.25) is 19.4 Å². The average molecular weight is 993 g/mol. The molecule has 2 aliphatic heterocycles. The molecule has 0 N–H and O–H groups in total. The Hall–Kier alpha value is -4.53. The summed E-state index contributed by atoms with van der Waals surface area (Å²) in [6.07, 6.45) is 6.18. The zero-order chi connectivity index (χ0) is 46.2. The molecule has 0 aromatic heterocycles.